The molecule has 0 bridgehead atoms. The zero-order valence-corrected chi connectivity index (χ0v) is 20.7. The molecule has 0 radical (unpaired) electrons. The number of aromatic nitrogens is 2. The van der Waals surface area contributed by atoms with Crippen LogP contribution in [0.3, 0.4) is 0 Å². The van der Waals surface area contributed by atoms with Gasteiger partial charge in [0.1, 0.15) is 17.8 Å². The highest BCUT2D eigenvalue weighted by Crippen LogP contribution is 2.65. The number of hydrogen-bond donors (Lipinski definition) is 2. The quantitative estimate of drug-likeness (QED) is 0.607. The van der Waals surface area contributed by atoms with Crippen LogP contribution in [-0.4, -0.2) is 57.6 Å². The summed E-state index contributed by atoms with van der Waals surface area (Å²) in [7, 11) is 0. The van der Waals surface area contributed by atoms with E-state index in [2.05, 4.69) is 15.5 Å². The summed E-state index contributed by atoms with van der Waals surface area (Å²) in [6.45, 7) is 7.09. The Morgan fingerprint density at radius 3 is 2.49 bits per heavy atom. The second-order valence-electron chi connectivity index (χ2n) is 10.5. The lowest BCUT2D eigenvalue weighted by Gasteiger charge is -2.34. The number of amides is 3. The summed E-state index contributed by atoms with van der Waals surface area (Å²) in [5, 5.41) is 23.6. The fourth-order valence-corrected chi connectivity index (χ4v) is 5.38. The van der Waals surface area contributed by atoms with Crippen molar-refractivity contribution in [3.05, 3.63) is 36.2 Å². The van der Waals surface area contributed by atoms with E-state index in [-0.39, 0.29) is 29.5 Å². The number of benzene rings is 1. The Kier molecular flexibility index (Phi) is 6.60. The van der Waals surface area contributed by atoms with Gasteiger partial charge >= 0.3 is 12.1 Å². The predicted molar refractivity (Wildman–Crippen MR) is 125 cm³/mol. The SMILES string of the molecule is CC(C)C(NC(=O)C(F)(F)F)C(=O)N1C[C@H]2[C@@H]([C@H]1C(=O)NC(C#N)c1nncc3ccccc13)C2(C)C. The van der Waals surface area contributed by atoms with Crippen LogP contribution >= 0.6 is 0 Å². The van der Waals surface area contributed by atoms with Crippen molar-refractivity contribution < 1.29 is 27.6 Å². The number of carbonyl (C=O) groups excluding carboxylic acids is 3. The molecule has 12 heteroatoms. The third kappa shape index (κ3) is 4.70. The van der Waals surface area contributed by atoms with Crippen molar-refractivity contribution in [3.8, 4) is 6.07 Å². The minimum Gasteiger partial charge on any atom is -0.336 e. The van der Waals surface area contributed by atoms with Gasteiger partial charge in [0.15, 0.2) is 6.04 Å². The number of nitrogens with zero attached hydrogens (tertiary/aromatic N) is 4. The third-order valence-corrected chi connectivity index (χ3v) is 7.53. The van der Waals surface area contributed by atoms with Crippen LogP contribution in [0, 0.1) is 34.5 Å². The lowest BCUT2D eigenvalue weighted by atomic mass is 9.97. The Bertz CT molecular complexity index is 1280. The second-order valence-corrected chi connectivity index (χ2v) is 10.5. The van der Waals surface area contributed by atoms with Gasteiger partial charge in [0.25, 0.3) is 0 Å². The fourth-order valence-electron chi connectivity index (χ4n) is 5.38. The van der Waals surface area contributed by atoms with Gasteiger partial charge in [0.05, 0.1) is 12.3 Å². The Hall–Kier alpha value is -3.75. The highest BCUT2D eigenvalue weighted by molar-refractivity contribution is 5.95. The molecule has 3 amide bonds. The lowest BCUT2D eigenvalue weighted by molar-refractivity contribution is -0.175. The molecular weight excluding hydrogens is 489 g/mol. The van der Waals surface area contributed by atoms with Crippen LogP contribution in [0.25, 0.3) is 10.8 Å². The van der Waals surface area contributed by atoms with Crippen molar-refractivity contribution in [1.29, 1.82) is 5.26 Å². The molecule has 196 valence electrons. The molecule has 37 heavy (non-hydrogen) atoms. The number of nitrogens with one attached hydrogen (secondary N) is 2. The molecule has 2 unspecified atom stereocenters. The monoisotopic (exact) mass is 516 g/mol. The summed E-state index contributed by atoms with van der Waals surface area (Å²) in [6.07, 6.45) is -3.62. The molecule has 5 atom stereocenters. The van der Waals surface area contributed by atoms with E-state index in [1.165, 1.54) is 24.9 Å². The Morgan fingerprint density at radius 2 is 1.86 bits per heavy atom. The normalized spacial score (nSPS) is 23.6. The first-order chi connectivity index (χ1) is 17.3. The van der Waals surface area contributed by atoms with E-state index >= 15 is 0 Å². The predicted octanol–water partition coefficient (Wildman–Crippen LogP) is 2.50. The summed E-state index contributed by atoms with van der Waals surface area (Å²) in [6, 6.07) is 5.46. The zero-order valence-electron chi connectivity index (χ0n) is 20.7. The van der Waals surface area contributed by atoms with Crippen LogP contribution in [0.4, 0.5) is 13.2 Å². The molecule has 1 saturated carbocycles. The molecule has 4 rings (SSSR count). The highest BCUT2D eigenvalue weighted by atomic mass is 19.4. The van der Waals surface area contributed by atoms with E-state index in [1.54, 1.807) is 29.6 Å². The summed E-state index contributed by atoms with van der Waals surface area (Å²) in [5.41, 5.74) is -0.0307. The van der Waals surface area contributed by atoms with Crippen molar-refractivity contribution in [3.63, 3.8) is 0 Å². The number of piperidine rings is 1. The van der Waals surface area contributed by atoms with Crippen molar-refractivity contribution in [1.82, 2.24) is 25.7 Å². The molecule has 1 aliphatic heterocycles. The number of rotatable bonds is 6. The number of fused-ring (bicyclic) bond motifs is 2. The highest BCUT2D eigenvalue weighted by Gasteiger charge is 2.69. The van der Waals surface area contributed by atoms with Gasteiger partial charge in [-0.3, -0.25) is 14.4 Å². The summed E-state index contributed by atoms with van der Waals surface area (Å²) < 4.78 is 38.7. The molecule has 1 aromatic heterocycles. The maximum atomic E-state index is 13.6. The largest absolute Gasteiger partial charge is 0.471 e. The Morgan fingerprint density at radius 1 is 1.19 bits per heavy atom. The third-order valence-electron chi connectivity index (χ3n) is 7.53. The number of carbonyl (C=O) groups is 3. The van der Waals surface area contributed by atoms with E-state index < -0.39 is 47.9 Å². The first-order valence-electron chi connectivity index (χ1n) is 11.9. The van der Waals surface area contributed by atoms with E-state index in [1.807, 2.05) is 19.9 Å². The summed E-state index contributed by atoms with van der Waals surface area (Å²) in [4.78, 5) is 39.8. The van der Waals surface area contributed by atoms with Gasteiger partial charge in [0.2, 0.25) is 11.8 Å². The molecule has 2 N–H and O–H groups in total. The Labute approximate surface area is 211 Å². The van der Waals surface area contributed by atoms with Crippen LogP contribution in [0.2, 0.25) is 0 Å². The Balaban J connectivity index is 1.61. The number of likely N-dealkylation sites (tertiary alicyclic amines) is 1. The molecule has 9 nitrogen and oxygen atoms in total. The van der Waals surface area contributed by atoms with Crippen LogP contribution in [0.15, 0.2) is 30.5 Å². The molecule has 2 aromatic rings. The molecule has 1 aromatic carbocycles. The number of hydrogen-bond acceptors (Lipinski definition) is 6. The number of alkyl halides is 3. The lowest BCUT2D eigenvalue weighted by Crippen LogP contribution is -2.58. The van der Waals surface area contributed by atoms with Gasteiger partial charge in [0, 0.05) is 17.3 Å². The maximum Gasteiger partial charge on any atom is 0.471 e. The van der Waals surface area contributed by atoms with Crippen LogP contribution < -0.4 is 10.6 Å². The summed E-state index contributed by atoms with van der Waals surface area (Å²) >= 11 is 0. The molecule has 1 aliphatic carbocycles. The van der Waals surface area contributed by atoms with Gasteiger partial charge in [-0.05, 0) is 23.2 Å². The second kappa shape index (κ2) is 9.28. The topological polar surface area (TPSA) is 128 Å². The fraction of sp³-hybridized carbons (Fsp3) is 0.520. The van der Waals surface area contributed by atoms with E-state index in [0.29, 0.717) is 5.39 Å². The van der Waals surface area contributed by atoms with Gasteiger partial charge < -0.3 is 15.5 Å². The van der Waals surface area contributed by atoms with Crippen LogP contribution in [0.5, 0.6) is 0 Å². The van der Waals surface area contributed by atoms with Gasteiger partial charge in [-0.1, -0.05) is 52.0 Å². The number of halogens is 3. The van der Waals surface area contributed by atoms with Crippen LogP contribution in [-0.2, 0) is 14.4 Å². The van der Waals surface area contributed by atoms with E-state index in [9.17, 15) is 32.8 Å². The average molecular weight is 517 g/mol. The first-order valence-corrected chi connectivity index (χ1v) is 11.9. The zero-order chi connectivity index (χ0) is 27.3. The van der Waals surface area contributed by atoms with Crippen molar-refractivity contribution in [2.24, 2.45) is 23.2 Å². The van der Waals surface area contributed by atoms with Gasteiger partial charge in [-0.2, -0.15) is 28.6 Å². The van der Waals surface area contributed by atoms with Gasteiger partial charge in [-0.25, -0.2) is 0 Å². The minimum absolute atomic E-state index is 0.0452. The minimum atomic E-state index is -5.15. The van der Waals surface area contributed by atoms with E-state index in [4.69, 9.17) is 0 Å². The van der Waals surface area contributed by atoms with Crippen LogP contribution in [0.1, 0.15) is 39.4 Å². The first kappa shape index (κ1) is 26.3. The molecule has 2 heterocycles. The molecule has 0 spiro atoms. The molecular formula is C25H27F3N6O3. The number of nitriles is 1. The van der Waals surface area contributed by atoms with Crippen molar-refractivity contribution in [2.75, 3.05) is 6.54 Å². The maximum absolute atomic E-state index is 13.6. The van der Waals surface area contributed by atoms with Gasteiger partial charge in [-0.15, -0.1) is 0 Å². The standard InChI is InChI=1S/C25H27F3N6O3/c1-12(2)18(32-23(37)25(26,27)28)22(36)34-11-15-17(24(15,3)4)20(34)21(35)31-16(9-29)19-14-8-6-5-7-13(14)10-30-33-19/h5-8,10,12,15-18,20H,11H2,1-4H3,(H,31,35)(H,32,37)/t15-,16?,17-,18?,20-/m0/s1. The average Bonchev–Trinajstić information content (AvgIpc) is 3.17. The van der Waals surface area contributed by atoms with E-state index in [0.717, 1.165) is 5.39 Å². The van der Waals surface area contributed by atoms with Crippen molar-refractivity contribution >= 4 is 28.5 Å². The molecule has 1 saturated heterocycles. The molecule has 2 fully saturated rings. The summed E-state index contributed by atoms with van der Waals surface area (Å²) in [5.74, 6) is -4.56. The van der Waals surface area contributed by atoms with Crippen molar-refractivity contribution in [2.45, 2.75) is 52.0 Å². The smallest absolute Gasteiger partial charge is 0.336 e. The molecule has 2 aliphatic rings.